The Bertz CT molecular complexity index is 383. The number of hydrogen-bond donors (Lipinski definition) is 0. The summed E-state index contributed by atoms with van der Waals surface area (Å²) in [6, 6.07) is 0. The molecule has 0 saturated carbocycles. The molecular weight excluding hydrogens is 246 g/mol. The summed E-state index contributed by atoms with van der Waals surface area (Å²) >= 11 is 0. The van der Waals surface area contributed by atoms with Gasteiger partial charge in [0.15, 0.2) is 0 Å². The summed E-state index contributed by atoms with van der Waals surface area (Å²) in [5, 5.41) is 0. The monoisotopic (exact) mass is 269 g/mol. The molecule has 0 spiro atoms. The van der Waals surface area contributed by atoms with Crippen molar-refractivity contribution in [3.63, 3.8) is 0 Å². The first-order valence-electron chi connectivity index (χ1n) is 6.18. The zero-order valence-corrected chi connectivity index (χ0v) is 12.4. The Labute approximate surface area is 114 Å². The predicted octanol–water partition coefficient (Wildman–Crippen LogP) is 1.89. The second-order valence-electron chi connectivity index (χ2n) is 4.51. The van der Waals surface area contributed by atoms with Crippen molar-refractivity contribution in [1.29, 1.82) is 0 Å². The molecule has 0 aliphatic heterocycles. The van der Waals surface area contributed by atoms with Crippen LogP contribution in [0.25, 0.3) is 0 Å². The predicted molar refractivity (Wildman–Crippen MR) is 73.4 cm³/mol. The molecule has 0 bridgehead atoms. The minimum absolute atomic E-state index is 0.291. The number of rotatable bonds is 7. The number of esters is 2. The van der Waals surface area contributed by atoms with Crippen LogP contribution in [-0.4, -0.2) is 44.1 Å². The average molecular weight is 269 g/mol. The van der Waals surface area contributed by atoms with Gasteiger partial charge in [-0.3, -0.25) is 0 Å². The molecule has 0 unspecified atom stereocenters. The smallest absolute Gasteiger partial charge is 0.338 e. The lowest BCUT2D eigenvalue weighted by atomic mass is 10.2. The topological polar surface area (TPSA) is 55.8 Å². The number of nitrogens with zero attached hydrogens (tertiary/aromatic N) is 1. The third kappa shape index (κ3) is 6.76. The summed E-state index contributed by atoms with van der Waals surface area (Å²) in [7, 11) is 3.78. The molecule has 0 aliphatic rings. The van der Waals surface area contributed by atoms with Gasteiger partial charge in [0, 0.05) is 18.5 Å². The van der Waals surface area contributed by atoms with E-state index in [1.165, 1.54) is 0 Å². The van der Waals surface area contributed by atoms with E-state index in [4.69, 9.17) is 9.47 Å². The van der Waals surface area contributed by atoms with Crippen molar-refractivity contribution in [3.05, 3.63) is 23.5 Å². The van der Waals surface area contributed by atoms with Gasteiger partial charge < -0.3 is 14.4 Å². The van der Waals surface area contributed by atoms with Gasteiger partial charge in [-0.1, -0.05) is 13.5 Å². The Kier molecular flexibility index (Phi) is 7.75. The van der Waals surface area contributed by atoms with Crippen LogP contribution in [0.4, 0.5) is 0 Å². The van der Waals surface area contributed by atoms with Gasteiger partial charge >= 0.3 is 11.9 Å². The number of likely N-dealkylation sites (N-methyl/N-ethyl adjacent to an activating group) is 1. The third-order valence-corrected chi connectivity index (χ3v) is 2.38. The number of hydrogen-bond acceptors (Lipinski definition) is 5. The van der Waals surface area contributed by atoms with Crippen molar-refractivity contribution in [2.45, 2.75) is 27.2 Å². The van der Waals surface area contributed by atoms with Crippen molar-refractivity contribution >= 4 is 11.9 Å². The standard InChI is InChI=1S/C14H23NO4/c1-7-12(19-13(16)10(2)3)11(4)14(17)18-9-8-15(5)6/h2,7-9H2,1,3-6H3. The highest BCUT2D eigenvalue weighted by atomic mass is 16.5. The number of ether oxygens (including phenoxy) is 2. The van der Waals surface area contributed by atoms with E-state index in [2.05, 4.69) is 6.58 Å². The zero-order valence-electron chi connectivity index (χ0n) is 12.4. The SMILES string of the molecule is C=C(C)C(=O)OC(CC)=C(C)C(=O)OCCN(C)C. The lowest BCUT2D eigenvalue weighted by Crippen LogP contribution is -2.21. The normalized spacial score (nSPS) is 11.9. The van der Waals surface area contributed by atoms with Crippen LogP contribution >= 0.6 is 0 Å². The molecule has 0 aromatic heterocycles. The van der Waals surface area contributed by atoms with Crippen LogP contribution in [0.1, 0.15) is 27.2 Å². The second kappa shape index (κ2) is 8.48. The molecule has 0 aliphatic carbocycles. The number of carbonyl (C=O) groups excluding carboxylic acids is 2. The highest BCUT2D eigenvalue weighted by Gasteiger charge is 2.15. The lowest BCUT2D eigenvalue weighted by molar-refractivity contribution is -0.140. The first kappa shape index (κ1) is 17.4. The van der Waals surface area contributed by atoms with Crippen LogP contribution < -0.4 is 0 Å². The summed E-state index contributed by atoms with van der Waals surface area (Å²) in [5.74, 6) is -0.673. The van der Waals surface area contributed by atoms with E-state index in [0.717, 1.165) is 0 Å². The van der Waals surface area contributed by atoms with E-state index in [0.29, 0.717) is 36.5 Å². The molecule has 5 nitrogen and oxygen atoms in total. The molecule has 5 heteroatoms. The molecule has 0 heterocycles. The summed E-state index contributed by atoms with van der Waals surface area (Å²) in [6.45, 7) is 9.39. The molecule has 0 saturated heterocycles. The van der Waals surface area contributed by atoms with Crippen molar-refractivity contribution in [1.82, 2.24) is 4.90 Å². The zero-order chi connectivity index (χ0) is 15.0. The second-order valence-corrected chi connectivity index (χ2v) is 4.51. The highest BCUT2D eigenvalue weighted by Crippen LogP contribution is 2.13. The van der Waals surface area contributed by atoms with Gasteiger partial charge in [0.05, 0.1) is 5.57 Å². The number of carbonyl (C=O) groups is 2. The average Bonchev–Trinajstić information content (AvgIpc) is 2.33. The van der Waals surface area contributed by atoms with Crippen molar-refractivity contribution in [3.8, 4) is 0 Å². The van der Waals surface area contributed by atoms with Crippen LogP contribution in [0.15, 0.2) is 23.5 Å². The van der Waals surface area contributed by atoms with Crippen molar-refractivity contribution < 1.29 is 19.1 Å². The largest absolute Gasteiger partial charge is 0.461 e. The van der Waals surface area contributed by atoms with E-state index >= 15 is 0 Å². The molecule has 0 atom stereocenters. The molecule has 108 valence electrons. The third-order valence-electron chi connectivity index (χ3n) is 2.38. The van der Waals surface area contributed by atoms with Crippen LogP contribution in [0.5, 0.6) is 0 Å². The van der Waals surface area contributed by atoms with Gasteiger partial charge in [-0.15, -0.1) is 0 Å². The van der Waals surface area contributed by atoms with E-state index < -0.39 is 11.9 Å². The summed E-state index contributed by atoms with van der Waals surface area (Å²) in [5.41, 5.74) is 0.607. The fourth-order valence-electron chi connectivity index (χ4n) is 1.16. The van der Waals surface area contributed by atoms with Crippen LogP contribution in [0.3, 0.4) is 0 Å². The molecular formula is C14H23NO4. The maximum absolute atomic E-state index is 11.8. The van der Waals surface area contributed by atoms with Crippen molar-refractivity contribution in [2.24, 2.45) is 0 Å². The molecule has 0 amide bonds. The van der Waals surface area contributed by atoms with E-state index in [-0.39, 0.29) is 0 Å². The Morgan fingerprint density at radius 1 is 1.16 bits per heavy atom. The van der Waals surface area contributed by atoms with Gasteiger partial charge in [-0.25, -0.2) is 9.59 Å². The molecule has 0 rings (SSSR count). The summed E-state index contributed by atoms with van der Waals surface area (Å²) < 4.78 is 10.2. The van der Waals surface area contributed by atoms with Gasteiger partial charge in [0.1, 0.15) is 12.4 Å². The first-order valence-corrected chi connectivity index (χ1v) is 6.18. The quantitative estimate of drug-likeness (QED) is 0.401. The maximum Gasteiger partial charge on any atom is 0.338 e. The Morgan fingerprint density at radius 3 is 2.16 bits per heavy atom. The first-order chi connectivity index (χ1) is 8.79. The van der Waals surface area contributed by atoms with E-state index in [1.807, 2.05) is 19.0 Å². The lowest BCUT2D eigenvalue weighted by Gasteiger charge is -2.12. The molecule has 0 radical (unpaired) electrons. The minimum Gasteiger partial charge on any atom is -0.461 e. The van der Waals surface area contributed by atoms with Gasteiger partial charge in [-0.05, 0) is 27.9 Å². The fraction of sp³-hybridized carbons (Fsp3) is 0.571. The molecule has 0 fully saturated rings. The Balaban J connectivity index is 4.63. The number of allylic oxidation sites excluding steroid dienone is 1. The highest BCUT2D eigenvalue weighted by molar-refractivity contribution is 5.91. The minimum atomic E-state index is -0.530. The van der Waals surface area contributed by atoms with E-state index in [1.54, 1.807) is 20.8 Å². The van der Waals surface area contributed by atoms with Gasteiger partial charge in [-0.2, -0.15) is 0 Å². The Hall–Kier alpha value is -1.62. The van der Waals surface area contributed by atoms with Crippen LogP contribution in [0, 0.1) is 0 Å². The summed E-state index contributed by atoms with van der Waals surface area (Å²) in [6.07, 6.45) is 0.438. The molecule has 0 N–H and O–H groups in total. The van der Waals surface area contributed by atoms with Crippen LogP contribution in [-0.2, 0) is 19.1 Å². The molecule has 0 aromatic carbocycles. The van der Waals surface area contributed by atoms with Gasteiger partial charge in [0.2, 0.25) is 0 Å². The van der Waals surface area contributed by atoms with E-state index in [9.17, 15) is 9.59 Å². The Morgan fingerprint density at radius 2 is 1.74 bits per heavy atom. The fourth-order valence-corrected chi connectivity index (χ4v) is 1.16. The molecule has 19 heavy (non-hydrogen) atoms. The van der Waals surface area contributed by atoms with Crippen LogP contribution in [0.2, 0.25) is 0 Å². The maximum atomic E-state index is 11.8. The summed E-state index contributed by atoms with van der Waals surface area (Å²) in [4.78, 5) is 25.1. The van der Waals surface area contributed by atoms with Gasteiger partial charge in [0.25, 0.3) is 0 Å². The van der Waals surface area contributed by atoms with Crippen molar-refractivity contribution in [2.75, 3.05) is 27.2 Å². The molecule has 0 aromatic rings.